The second-order valence-electron chi connectivity index (χ2n) is 5.44. The molecular formula is C15H21FN2O. The summed E-state index contributed by atoms with van der Waals surface area (Å²) < 4.78 is 12.8. The molecule has 0 aliphatic heterocycles. The summed E-state index contributed by atoms with van der Waals surface area (Å²) in [7, 11) is 1.80. The number of carbonyl (C=O) groups is 1. The molecule has 1 aromatic rings. The van der Waals surface area contributed by atoms with Crippen LogP contribution in [0.1, 0.15) is 31.2 Å². The molecule has 0 heterocycles. The Kier molecular flexibility index (Phi) is 4.53. The molecule has 1 aliphatic rings. The number of halogens is 1. The molecule has 1 aliphatic carbocycles. The van der Waals surface area contributed by atoms with E-state index in [0.29, 0.717) is 6.54 Å². The van der Waals surface area contributed by atoms with Gasteiger partial charge >= 0.3 is 0 Å². The monoisotopic (exact) mass is 264 g/mol. The molecule has 2 N–H and O–H groups in total. The maximum absolute atomic E-state index is 12.8. The quantitative estimate of drug-likeness (QED) is 0.910. The van der Waals surface area contributed by atoms with Gasteiger partial charge in [0, 0.05) is 25.6 Å². The number of benzene rings is 1. The van der Waals surface area contributed by atoms with Crippen molar-refractivity contribution < 1.29 is 9.18 Å². The molecule has 2 rings (SSSR count). The van der Waals surface area contributed by atoms with E-state index in [1.807, 2.05) is 0 Å². The van der Waals surface area contributed by atoms with Gasteiger partial charge in [-0.05, 0) is 37.0 Å². The fraction of sp³-hybridized carbons (Fsp3) is 0.533. The lowest BCUT2D eigenvalue weighted by Gasteiger charge is -2.29. The number of amides is 1. The molecule has 19 heavy (non-hydrogen) atoms. The Hall–Kier alpha value is -1.42. The maximum atomic E-state index is 12.8. The van der Waals surface area contributed by atoms with Crippen LogP contribution in [0.3, 0.4) is 0 Å². The van der Waals surface area contributed by atoms with E-state index in [1.54, 1.807) is 24.1 Å². The zero-order valence-corrected chi connectivity index (χ0v) is 11.3. The van der Waals surface area contributed by atoms with Gasteiger partial charge < -0.3 is 10.6 Å². The molecule has 2 atom stereocenters. The van der Waals surface area contributed by atoms with Crippen molar-refractivity contribution in [1.82, 2.24) is 4.90 Å². The lowest BCUT2D eigenvalue weighted by atomic mass is 9.85. The van der Waals surface area contributed by atoms with Gasteiger partial charge in [-0.15, -0.1) is 0 Å². The third kappa shape index (κ3) is 3.77. The summed E-state index contributed by atoms with van der Waals surface area (Å²) in [6.07, 6.45) is 3.76. The van der Waals surface area contributed by atoms with Crippen molar-refractivity contribution in [1.29, 1.82) is 0 Å². The predicted octanol–water partition coefficient (Wildman–Crippen LogP) is 2.30. The fourth-order valence-corrected chi connectivity index (χ4v) is 2.71. The Morgan fingerprint density at radius 1 is 1.37 bits per heavy atom. The van der Waals surface area contributed by atoms with Gasteiger partial charge in [-0.3, -0.25) is 4.79 Å². The van der Waals surface area contributed by atoms with Crippen molar-refractivity contribution in [2.24, 2.45) is 11.7 Å². The normalized spacial score (nSPS) is 23.1. The summed E-state index contributed by atoms with van der Waals surface area (Å²) in [5.74, 6) is -0.0512. The summed E-state index contributed by atoms with van der Waals surface area (Å²) >= 11 is 0. The first-order valence-corrected chi connectivity index (χ1v) is 6.81. The van der Waals surface area contributed by atoms with E-state index >= 15 is 0 Å². The second-order valence-corrected chi connectivity index (χ2v) is 5.44. The average molecular weight is 264 g/mol. The highest BCUT2D eigenvalue weighted by Gasteiger charge is 2.27. The SMILES string of the molecule is CN(Cc1ccc(F)cc1)C(=O)C1CCCC(N)C1. The van der Waals surface area contributed by atoms with Crippen molar-refractivity contribution in [2.45, 2.75) is 38.3 Å². The van der Waals surface area contributed by atoms with Crippen LogP contribution < -0.4 is 5.73 Å². The number of nitrogens with zero attached hydrogens (tertiary/aromatic N) is 1. The summed E-state index contributed by atoms with van der Waals surface area (Å²) in [4.78, 5) is 14.0. The Bertz CT molecular complexity index is 432. The fourth-order valence-electron chi connectivity index (χ4n) is 2.71. The van der Waals surface area contributed by atoms with Crippen molar-refractivity contribution in [3.8, 4) is 0 Å². The lowest BCUT2D eigenvalue weighted by molar-refractivity contribution is -0.135. The van der Waals surface area contributed by atoms with Gasteiger partial charge in [-0.1, -0.05) is 18.6 Å². The minimum atomic E-state index is -0.254. The standard InChI is InChI=1S/C15H21FN2O/c1-18(10-11-5-7-13(16)8-6-11)15(19)12-3-2-4-14(17)9-12/h5-8,12,14H,2-4,9-10,17H2,1H3. The molecule has 1 aromatic carbocycles. The molecule has 0 spiro atoms. The average Bonchev–Trinajstić information content (AvgIpc) is 2.40. The number of nitrogens with two attached hydrogens (primary N) is 1. The van der Waals surface area contributed by atoms with E-state index in [-0.39, 0.29) is 23.7 Å². The van der Waals surface area contributed by atoms with Crippen molar-refractivity contribution in [2.75, 3.05) is 7.05 Å². The van der Waals surface area contributed by atoms with Gasteiger partial charge in [0.2, 0.25) is 5.91 Å². The first-order valence-electron chi connectivity index (χ1n) is 6.81. The molecule has 1 fully saturated rings. The van der Waals surface area contributed by atoms with Crippen molar-refractivity contribution in [3.63, 3.8) is 0 Å². The van der Waals surface area contributed by atoms with E-state index < -0.39 is 0 Å². The zero-order chi connectivity index (χ0) is 13.8. The summed E-state index contributed by atoms with van der Waals surface area (Å²) in [5.41, 5.74) is 6.86. The Morgan fingerprint density at radius 3 is 2.68 bits per heavy atom. The second kappa shape index (κ2) is 6.15. The number of carbonyl (C=O) groups excluding carboxylic acids is 1. The van der Waals surface area contributed by atoms with E-state index in [2.05, 4.69) is 0 Å². The van der Waals surface area contributed by atoms with Crippen LogP contribution in [0.25, 0.3) is 0 Å². The third-order valence-corrected chi connectivity index (χ3v) is 3.77. The summed E-state index contributed by atoms with van der Waals surface area (Å²) in [6.45, 7) is 0.519. The lowest BCUT2D eigenvalue weighted by Crippen LogP contribution is -2.38. The highest BCUT2D eigenvalue weighted by molar-refractivity contribution is 5.78. The molecule has 1 saturated carbocycles. The van der Waals surface area contributed by atoms with Crippen LogP contribution >= 0.6 is 0 Å². The van der Waals surface area contributed by atoms with Gasteiger partial charge in [-0.2, -0.15) is 0 Å². The van der Waals surface area contributed by atoms with Crippen LogP contribution in [0.5, 0.6) is 0 Å². The highest BCUT2D eigenvalue weighted by atomic mass is 19.1. The zero-order valence-electron chi connectivity index (χ0n) is 11.3. The molecular weight excluding hydrogens is 243 g/mol. The number of hydrogen-bond acceptors (Lipinski definition) is 2. The van der Waals surface area contributed by atoms with E-state index in [0.717, 1.165) is 31.2 Å². The summed E-state index contributed by atoms with van der Waals surface area (Å²) in [5, 5.41) is 0. The minimum absolute atomic E-state index is 0.0502. The Morgan fingerprint density at radius 2 is 2.05 bits per heavy atom. The molecule has 3 nitrogen and oxygen atoms in total. The van der Waals surface area contributed by atoms with Gasteiger partial charge in [0.1, 0.15) is 5.82 Å². The van der Waals surface area contributed by atoms with Gasteiger partial charge in [-0.25, -0.2) is 4.39 Å². The minimum Gasteiger partial charge on any atom is -0.341 e. The Balaban J connectivity index is 1.93. The van der Waals surface area contributed by atoms with Crippen LogP contribution in [-0.2, 0) is 11.3 Å². The van der Waals surface area contributed by atoms with Crippen LogP contribution in [0.2, 0.25) is 0 Å². The maximum Gasteiger partial charge on any atom is 0.225 e. The van der Waals surface area contributed by atoms with E-state index in [4.69, 9.17) is 5.73 Å². The summed E-state index contributed by atoms with van der Waals surface area (Å²) in [6, 6.07) is 6.42. The van der Waals surface area contributed by atoms with Crippen LogP contribution in [0, 0.1) is 11.7 Å². The van der Waals surface area contributed by atoms with Gasteiger partial charge in [0.15, 0.2) is 0 Å². The molecule has 0 radical (unpaired) electrons. The molecule has 2 unspecified atom stereocenters. The topological polar surface area (TPSA) is 46.3 Å². The van der Waals surface area contributed by atoms with Gasteiger partial charge in [0.25, 0.3) is 0 Å². The van der Waals surface area contributed by atoms with E-state index in [9.17, 15) is 9.18 Å². The smallest absolute Gasteiger partial charge is 0.225 e. The third-order valence-electron chi connectivity index (χ3n) is 3.77. The Labute approximate surface area is 113 Å². The first kappa shape index (κ1) is 14.0. The van der Waals surface area contributed by atoms with Crippen LogP contribution in [-0.4, -0.2) is 23.9 Å². The molecule has 0 aromatic heterocycles. The van der Waals surface area contributed by atoms with Crippen LogP contribution in [0.15, 0.2) is 24.3 Å². The van der Waals surface area contributed by atoms with Crippen LogP contribution in [0.4, 0.5) is 4.39 Å². The molecule has 1 amide bonds. The van der Waals surface area contributed by atoms with E-state index in [1.165, 1.54) is 12.1 Å². The van der Waals surface area contributed by atoms with Crippen molar-refractivity contribution >= 4 is 5.91 Å². The number of hydrogen-bond donors (Lipinski definition) is 1. The van der Waals surface area contributed by atoms with Crippen molar-refractivity contribution in [3.05, 3.63) is 35.6 Å². The molecule has 0 bridgehead atoms. The molecule has 4 heteroatoms. The highest BCUT2D eigenvalue weighted by Crippen LogP contribution is 2.25. The predicted molar refractivity (Wildman–Crippen MR) is 72.8 cm³/mol. The first-order chi connectivity index (χ1) is 9.06. The molecule has 0 saturated heterocycles. The number of rotatable bonds is 3. The molecule has 104 valence electrons. The van der Waals surface area contributed by atoms with Gasteiger partial charge in [0.05, 0.1) is 0 Å². The largest absolute Gasteiger partial charge is 0.341 e.